The minimum absolute atomic E-state index is 0.588. The average molecular weight is 226 g/mol. The first-order valence-corrected chi connectivity index (χ1v) is 6.35. The van der Waals surface area contributed by atoms with Crippen molar-refractivity contribution in [3.63, 3.8) is 0 Å². The van der Waals surface area contributed by atoms with E-state index in [1.54, 1.807) is 18.0 Å². The van der Waals surface area contributed by atoms with E-state index in [4.69, 9.17) is 0 Å². The Labute approximate surface area is 95.3 Å². The van der Waals surface area contributed by atoms with Crippen LogP contribution in [0.3, 0.4) is 0 Å². The van der Waals surface area contributed by atoms with Crippen molar-refractivity contribution in [2.45, 2.75) is 19.1 Å². The van der Waals surface area contributed by atoms with Crippen LogP contribution in [0.2, 0.25) is 0 Å². The summed E-state index contributed by atoms with van der Waals surface area (Å²) in [6, 6.07) is 5.83. The zero-order valence-electron chi connectivity index (χ0n) is 9.23. The van der Waals surface area contributed by atoms with Gasteiger partial charge in [0.15, 0.2) is 0 Å². The number of aromatic nitrogens is 1. The Morgan fingerprint density at radius 3 is 2.93 bits per heavy atom. The monoisotopic (exact) mass is 226 g/mol. The molecule has 84 valence electrons. The number of rotatable bonds is 6. The molecule has 0 radical (unpaired) electrons. The van der Waals surface area contributed by atoms with Crippen molar-refractivity contribution < 1.29 is 5.11 Å². The molecule has 0 spiro atoms. The van der Waals surface area contributed by atoms with Crippen molar-refractivity contribution in [3.05, 3.63) is 30.1 Å². The van der Waals surface area contributed by atoms with Gasteiger partial charge in [-0.3, -0.25) is 4.98 Å². The molecule has 1 unspecified atom stereocenters. The predicted molar refractivity (Wildman–Crippen MR) is 64.9 cm³/mol. The van der Waals surface area contributed by atoms with E-state index in [-0.39, 0.29) is 0 Å². The molecule has 1 aromatic heterocycles. The Bertz CT molecular complexity index is 277. The third-order valence-corrected chi connectivity index (χ3v) is 2.90. The molecule has 1 rings (SSSR count). The lowest BCUT2D eigenvalue weighted by atomic mass is 10.1. The molecule has 3 nitrogen and oxygen atoms in total. The second-order valence-electron chi connectivity index (χ2n) is 3.85. The maximum absolute atomic E-state index is 9.89. The molecule has 0 bridgehead atoms. The van der Waals surface area contributed by atoms with Crippen LogP contribution in [-0.4, -0.2) is 34.2 Å². The van der Waals surface area contributed by atoms with E-state index in [1.807, 2.05) is 31.4 Å². The maximum Gasteiger partial charge on any atom is 0.0833 e. The molecule has 4 heteroatoms. The summed E-state index contributed by atoms with van der Waals surface area (Å²) in [5.41, 5.74) is 0.353. The van der Waals surface area contributed by atoms with Crippen molar-refractivity contribution in [2.75, 3.05) is 18.6 Å². The number of aliphatic hydroxyl groups is 1. The summed E-state index contributed by atoms with van der Waals surface area (Å²) in [6.07, 6.45) is 3.77. The zero-order chi connectivity index (χ0) is 11.1. The van der Waals surface area contributed by atoms with Gasteiger partial charge in [0.05, 0.1) is 11.3 Å². The molecule has 0 aliphatic heterocycles. The van der Waals surface area contributed by atoms with E-state index in [1.165, 1.54) is 0 Å². The van der Waals surface area contributed by atoms with Crippen molar-refractivity contribution in [2.24, 2.45) is 0 Å². The summed E-state index contributed by atoms with van der Waals surface area (Å²) < 4.78 is 0. The molecule has 2 N–H and O–H groups in total. The molecule has 0 amide bonds. The van der Waals surface area contributed by atoms with Gasteiger partial charge in [-0.15, -0.1) is 0 Å². The fourth-order valence-electron chi connectivity index (χ4n) is 1.32. The lowest BCUT2D eigenvalue weighted by molar-refractivity contribution is 0.0845. The summed E-state index contributed by atoms with van der Waals surface area (Å²) in [5.74, 6) is 0.738. The second kappa shape index (κ2) is 6.10. The lowest BCUT2D eigenvalue weighted by Gasteiger charge is -2.22. The largest absolute Gasteiger partial charge is 0.388 e. The van der Waals surface area contributed by atoms with Gasteiger partial charge in [0, 0.05) is 25.0 Å². The number of hydrogen-bond acceptors (Lipinski definition) is 4. The second-order valence-corrected chi connectivity index (χ2v) is 4.72. The number of hydrogen-bond donors (Lipinski definition) is 2. The molecular formula is C11H18N2OS. The quantitative estimate of drug-likeness (QED) is 0.767. The van der Waals surface area contributed by atoms with E-state index in [0.29, 0.717) is 13.1 Å². The van der Waals surface area contributed by atoms with Crippen molar-refractivity contribution >= 4 is 11.8 Å². The summed E-state index contributed by atoms with van der Waals surface area (Å²) in [7, 11) is 0. The van der Waals surface area contributed by atoms with Crippen LogP contribution in [0.15, 0.2) is 24.4 Å². The summed E-state index contributed by atoms with van der Waals surface area (Å²) in [6.45, 7) is 3.13. The molecule has 1 atom stereocenters. The normalized spacial score (nSPS) is 14.9. The first-order valence-electron chi connectivity index (χ1n) is 4.96. The Balaban J connectivity index is 2.27. The first-order chi connectivity index (χ1) is 7.14. The van der Waals surface area contributed by atoms with Gasteiger partial charge in [-0.05, 0) is 25.3 Å². The molecule has 0 aromatic carbocycles. The van der Waals surface area contributed by atoms with Crippen LogP contribution in [0.1, 0.15) is 12.6 Å². The Morgan fingerprint density at radius 1 is 1.53 bits per heavy atom. The predicted octanol–water partition coefficient (Wildman–Crippen LogP) is 1.29. The van der Waals surface area contributed by atoms with Gasteiger partial charge in [-0.25, -0.2) is 0 Å². The Hall–Kier alpha value is -0.580. The SMILES string of the molecule is CSCC(C)(O)CNCc1ccccn1. The number of nitrogens with one attached hydrogen (secondary N) is 1. The topological polar surface area (TPSA) is 45.1 Å². The molecule has 1 heterocycles. The summed E-state index contributed by atoms with van der Waals surface area (Å²) in [4.78, 5) is 4.19. The maximum atomic E-state index is 9.89. The molecule has 15 heavy (non-hydrogen) atoms. The minimum atomic E-state index is -0.645. The summed E-state index contributed by atoms with van der Waals surface area (Å²) in [5, 5.41) is 13.1. The Morgan fingerprint density at radius 2 is 2.33 bits per heavy atom. The molecule has 0 saturated heterocycles. The van der Waals surface area contributed by atoms with Crippen LogP contribution < -0.4 is 5.32 Å². The fraction of sp³-hybridized carbons (Fsp3) is 0.545. The number of pyridine rings is 1. The third-order valence-electron chi connectivity index (χ3n) is 1.99. The Kier molecular flexibility index (Phi) is 5.08. The number of nitrogens with zero attached hydrogens (tertiary/aromatic N) is 1. The highest BCUT2D eigenvalue weighted by molar-refractivity contribution is 7.98. The van der Waals surface area contributed by atoms with Crippen molar-refractivity contribution in [1.29, 1.82) is 0 Å². The van der Waals surface area contributed by atoms with Gasteiger partial charge in [0.1, 0.15) is 0 Å². The summed E-state index contributed by atoms with van der Waals surface area (Å²) >= 11 is 1.65. The molecule has 0 aliphatic carbocycles. The lowest BCUT2D eigenvalue weighted by Crippen LogP contribution is -2.39. The van der Waals surface area contributed by atoms with Crippen molar-refractivity contribution in [3.8, 4) is 0 Å². The average Bonchev–Trinajstić information content (AvgIpc) is 2.19. The van der Waals surface area contributed by atoms with Crippen molar-refractivity contribution in [1.82, 2.24) is 10.3 Å². The van der Waals surface area contributed by atoms with E-state index < -0.39 is 5.60 Å². The van der Waals surface area contributed by atoms with E-state index in [0.717, 1.165) is 11.4 Å². The van der Waals surface area contributed by atoms with Gasteiger partial charge in [-0.2, -0.15) is 11.8 Å². The van der Waals surface area contributed by atoms with Crippen LogP contribution in [0.4, 0.5) is 0 Å². The highest BCUT2D eigenvalue weighted by Crippen LogP contribution is 2.09. The molecule has 0 aliphatic rings. The van der Waals surface area contributed by atoms with E-state index >= 15 is 0 Å². The fourth-order valence-corrected chi connectivity index (χ4v) is 2.05. The molecular weight excluding hydrogens is 208 g/mol. The number of thioether (sulfide) groups is 1. The molecule has 1 aromatic rings. The van der Waals surface area contributed by atoms with Gasteiger partial charge in [-0.1, -0.05) is 6.07 Å². The van der Waals surface area contributed by atoms with Crippen LogP contribution >= 0.6 is 11.8 Å². The van der Waals surface area contributed by atoms with Crippen LogP contribution in [0, 0.1) is 0 Å². The van der Waals surface area contributed by atoms with Gasteiger partial charge >= 0.3 is 0 Å². The van der Waals surface area contributed by atoms with Gasteiger partial charge in [0.2, 0.25) is 0 Å². The van der Waals surface area contributed by atoms with E-state index in [2.05, 4.69) is 10.3 Å². The molecule has 0 saturated carbocycles. The smallest absolute Gasteiger partial charge is 0.0833 e. The first kappa shape index (κ1) is 12.5. The highest BCUT2D eigenvalue weighted by Gasteiger charge is 2.18. The van der Waals surface area contributed by atoms with Crippen LogP contribution in [-0.2, 0) is 6.54 Å². The molecule has 0 fully saturated rings. The zero-order valence-corrected chi connectivity index (χ0v) is 10.0. The van der Waals surface area contributed by atoms with Crippen LogP contribution in [0.25, 0.3) is 0 Å². The minimum Gasteiger partial charge on any atom is -0.388 e. The third kappa shape index (κ3) is 5.16. The van der Waals surface area contributed by atoms with E-state index in [9.17, 15) is 5.11 Å². The van der Waals surface area contributed by atoms with Gasteiger partial charge in [0.25, 0.3) is 0 Å². The van der Waals surface area contributed by atoms with Gasteiger partial charge < -0.3 is 10.4 Å². The highest BCUT2D eigenvalue weighted by atomic mass is 32.2. The standard InChI is InChI=1S/C11H18N2OS/c1-11(14,9-15-2)8-12-7-10-5-3-4-6-13-10/h3-6,12,14H,7-9H2,1-2H3. The van der Waals surface area contributed by atoms with Crippen LogP contribution in [0.5, 0.6) is 0 Å².